The van der Waals surface area contributed by atoms with Gasteiger partial charge in [-0.25, -0.2) is 9.97 Å². The summed E-state index contributed by atoms with van der Waals surface area (Å²) in [6, 6.07) is 3.83. The van der Waals surface area contributed by atoms with Crippen LogP contribution < -0.4 is 4.90 Å². The molecule has 1 aliphatic rings. The molecule has 1 amide bonds. The number of aryl methyl sites for hydroxylation is 2. The molecule has 0 spiro atoms. The average molecular weight is 412 g/mol. The third-order valence-corrected chi connectivity index (χ3v) is 5.75. The molecule has 0 saturated carbocycles. The van der Waals surface area contributed by atoms with E-state index < -0.39 is 0 Å². The van der Waals surface area contributed by atoms with Crippen LogP contribution in [0.1, 0.15) is 40.7 Å². The van der Waals surface area contributed by atoms with Crippen LogP contribution in [-0.2, 0) is 11.8 Å². The van der Waals surface area contributed by atoms with E-state index in [-0.39, 0.29) is 5.91 Å². The summed E-state index contributed by atoms with van der Waals surface area (Å²) in [6.07, 6.45) is 3.55. The number of nitrogens with zero attached hydrogens (tertiary/aromatic N) is 6. The number of methoxy groups -OCH3 is 1. The quantitative estimate of drug-likeness (QED) is 0.614. The van der Waals surface area contributed by atoms with Crippen LogP contribution in [0.25, 0.3) is 11.0 Å². The second-order valence-electron chi connectivity index (χ2n) is 7.90. The van der Waals surface area contributed by atoms with Crippen molar-refractivity contribution in [2.24, 2.45) is 7.05 Å². The second kappa shape index (κ2) is 8.43. The number of imidazole rings is 1. The van der Waals surface area contributed by atoms with Crippen molar-refractivity contribution in [1.29, 1.82) is 0 Å². The summed E-state index contributed by atoms with van der Waals surface area (Å²) in [4.78, 5) is 26.1. The van der Waals surface area contributed by atoms with Gasteiger partial charge in [-0.15, -0.1) is 0 Å². The number of ether oxygens (including phenoxy) is 1. The SMILES string of the molecule is COCCN(C)c1nc(C2CCN(C(=O)c3cc(C)on3)CC2)cc2c1ncn2C. The number of piperidine rings is 1. The summed E-state index contributed by atoms with van der Waals surface area (Å²) in [5.74, 6) is 1.74. The van der Waals surface area contributed by atoms with E-state index in [0.717, 1.165) is 41.9 Å². The summed E-state index contributed by atoms with van der Waals surface area (Å²) in [7, 11) is 5.71. The van der Waals surface area contributed by atoms with Gasteiger partial charge in [0.05, 0.1) is 18.5 Å². The number of carbonyl (C=O) groups is 1. The summed E-state index contributed by atoms with van der Waals surface area (Å²) in [5, 5.41) is 3.86. The lowest BCUT2D eigenvalue weighted by Gasteiger charge is -2.31. The molecule has 1 fully saturated rings. The van der Waals surface area contributed by atoms with Gasteiger partial charge in [0.1, 0.15) is 11.3 Å². The summed E-state index contributed by atoms with van der Waals surface area (Å²) >= 11 is 0. The first-order valence-corrected chi connectivity index (χ1v) is 10.2. The minimum Gasteiger partial charge on any atom is -0.383 e. The minimum atomic E-state index is -0.0691. The standard InChI is InChI=1S/C21H28N6O3/c1-14-11-17(24-30-14)21(28)27-7-5-15(6-8-27)16-12-18-19(22-13-26(18)3)20(23-16)25(2)9-10-29-4/h11-13,15H,5-10H2,1-4H3. The van der Waals surface area contributed by atoms with Gasteiger partial charge in [-0.1, -0.05) is 5.16 Å². The van der Waals surface area contributed by atoms with Crippen LogP contribution in [0.2, 0.25) is 0 Å². The van der Waals surface area contributed by atoms with Crippen molar-refractivity contribution in [2.75, 3.05) is 45.3 Å². The molecule has 3 aromatic rings. The molecular formula is C21H28N6O3. The number of amides is 1. The smallest absolute Gasteiger partial charge is 0.276 e. The second-order valence-corrected chi connectivity index (χ2v) is 7.90. The van der Waals surface area contributed by atoms with E-state index in [9.17, 15) is 4.79 Å². The highest BCUT2D eigenvalue weighted by atomic mass is 16.5. The van der Waals surface area contributed by atoms with Crippen LogP contribution in [-0.4, -0.2) is 70.9 Å². The Morgan fingerprint density at radius 3 is 2.77 bits per heavy atom. The van der Waals surface area contributed by atoms with E-state index in [4.69, 9.17) is 14.2 Å². The Morgan fingerprint density at radius 2 is 2.10 bits per heavy atom. The fourth-order valence-electron chi connectivity index (χ4n) is 3.95. The molecule has 4 rings (SSSR count). The maximum Gasteiger partial charge on any atom is 0.276 e. The molecule has 0 N–H and O–H groups in total. The van der Waals surface area contributed by atoms with Crippen LogP contribution in [0.5, 0.6) is 0 Å². The fraction of sp³-hybridized carbons (Fsp3) is 0.524. The first-order valence-electron chi connectivity index (χ1n) is 10.2. The number of hydrogen-bond acceptors (Lipinski definition) is 7. The Morgan fingerprint density at radius 1 is 1.33 bits per heavy atom. The molecular weight excluding hydrogens is 384 g/mol. The van der Waals surface area contributed by atoms with E-state index >= 15 is 0 Å². The van der Waals surface area contributed by atoms with Crippen molar-refractivity contribution in [3.05, 3.63) is 35.6 Å². The van der Waals surface area contributed by atoms with Gasteiger partial charge in [0.2, 0.25) is 0 Å². The molecule has 4 heterocycles. The Hall–Kier alpha value is -2.94. The molecule has 0 aromatic carbocycles. The zero-order valence-electron chi connectivity index (χ0n) is 18.0. The van der Waals surface area contributed by atoms with Crippen LogP contribution in [0.3, 0.4) is 0 Å². The number of hydrogen-bond donors (Lipinski definition) is 0. The highest BCUT2D eigenvalue weighted by Gasteiger charge is 2.28. The van der Waals surface area contributed by atoms with Gasteiger partial charge in [-0.05, 0) is 25.8 Å². The summed E-state index contributed by atoms with van der Waals surface area (Å²) < 4.78 is 12.3. The number of likely N-dealkylation sites (tertiary alicyclic amines) is 1. The lowest BCUT2D eigenvalue weighted by Crippen LogP contribution is -2.38. The van der Waals surface area contributed by atoms with Crippen molar-refractivity contribution in [3.63, 3.8) is 0 Å². The van der Waals surface area contributed by atoms with Gasteiger partial charge in [-0.2, -0.15) is 0 Å². The minimum absolute atomic E-state index is 0.0691. The fourth-order valence-corrected chi connectivity index (χ4v) is 3.95. The van der Waals surface area contributed by atoms with Gasteiger partial charge in [0, 0.05) is 58.5 Å². The first kappa shape index (κ1) is 20.3. The number of anilines is 1. The molecule has 160 valence electrons. The molecule has 0 bridgehead atoms. The van der Waals surface area contributed by atoms with E-state index in [1.807, 2.05) is 29.9 Å². The Balaban J connectivity index is 1.53. The van der Waals surface area contributed by atoms with E-state index in [1.54, 1.807) is 20.1 Å². The maximum atomic E-state index is 12.6. The van der Waals surface area contributed by atoms with Crippen molar-refractivity contribution in [3.8, 4) is 0 Å². The predicted octanol–water partition coefficient (Wildman–Crippen LogP) is 2.37. The van der Waals surface area contributed by atoms with Crippen LogP contribution in [0.4, 0.5) is 5.82 Å². The number of aromatic nitrogens is 4. The normalized spacial score (nSPS) is 15.1. The van der Waals surface area contributed by atoms with Crippen molar-refractivity contribution >= 4 is 22.8 Å². The van der Waals surface area contributed by atoms with Crippen LogP contribution >= 0.6 is 0 Å². The third-order valence-electron chi connectivity index (χ3n) is 5.75. The molecule has 0 atom stereocenters. The number of fused-ring (bicyclic) bond motifs is 1. The Bertz CT molecular complexity index is 1030. The molecule has 0 radical (unpaired) electrons. The largest absolute Gasteiger partial charge is 0.383 e. The predicted molar refractivity (Wildman–Crippen MR) is 113 cm³/mol. The topological polar surface area (TPSA) is 89.5 Å². The maximum absolute atomic E-state index is 12.6. The Labute approximate surface area is 175 Å². The zero-order valence-corrected chi connectivity index (χ0v) is 18.0. The van der Waals surface area contributed by atoms with E-state index in [1.165, 1.54) is 0 Å². The monoisotopic (exact) mass is 412 g/mol. The zero-order chi connectivity index (χ0) is 21.3. The molecule has 3 aromatic heterocycles. The molecule has 1 aliphatic heterocycles. The lowest BCUT2D eigenvalue weighted by molar-refractivity contribution is 0.0701. The van der Waals surface area contributed by atoms with Crippen molar-refractivity contribution in [1.82, 2.24) is 24.6 Å². The van der Waals surface area contributed by atoms with Gasteiger partial charge in [-0.3, -0.25) is 4.79 Å². The van der Waals surface area contributed by atoms with Gasteiger partial charge < -0.3 is 23.6 Å². The third kappa shape index (κ3) is 3.89. The van der Waals surface area contributed by atoms with E-state index in [2.05, 4.69) is 21.1 Å². The summed E-state index contributed by atoms with van der Waals surface area (Å²) in [5.41, 5.74) is 3.39. The number of likely N-dealkylation sites (N-methyl/N-ethyl adjacent to an activating group) is 1. The molecule has 0 aliphatic carbocycles. The van der Waals surface area contributed by atoms with Gasteiger partial charge >= 0.3 is 0 Å². The lowest BCUT2D eigenvalue weighted by atomic mass is 9.92. The molecule has 0 unspecified atom stereocenters. The molecule has 1 saturated heterocycles. The highest BCUT2D eigenvalue weighted by molar-refractivity contribution is 5.92. The average Bonchev–Trinajstić information content (AvgIpc) is 3.37. The number of carbonyl (C=O) groups excluding carboxylic acids is 1. The molecule has 30 heavy (non-hydrogen) atoms. The summed E-state index contributed by atoms with van der Waals surface area (Å²) in [6.45, 7) is 4.50. The molecule has 9 nitrogen and oxygen atoms in total. The van der Waals surface area contributed by atoms with Crippen molar-refractivity contribution < 1.29 is 14.1 Å². The highest BCUT2D eigenvalue weighted by Crippen LogP contribution is 2.32. The molecule has 9 heteroatoms. The van der Waals surface area contributed by atoms with E-state index in [0.29, 0.717) is 37.1 Å². The Kier molecular flexibility index (Phi) is 5.72. The van der Waals surface area contributed by atoms with Crippen LogP contribution in [0.15, 0.2) is 23.0 Å². The van der Waals surface area contributed by atoms with Crippen LogP contribution in [0, 0.1) is 6.92 Å². The van der Waals surface area contributed by atoms with Gasteiger partial charge in [0.25, 0.3) is 5.91 Å². The first-order chi connectivity index (χ1) is 14.5. The number of rotatable bonds is 6. The van der Waals surface area contributed by atoms with Crippen molar-refractivity contribution in [2.45, 2.75) is 25.7 Å². The van der Waals surface area contributed by atoms with Gasteiger partial charge in [0.15, 0.2) is 11.5 Å². The number of pyridine rings is 1.